The minimum absolute atomic E-state index is 0.240. The van der Waals surface area contributed by atoms with Crippen LogP contribution in [0, 0.1) is 6.92 Å². The van der Waals surface area contributed by atoms with Crippen LogP contribution in [-0.2, 0) is 4.74 Å². The second kappa shape index (κ2) is 8.53. The Morgan fingerprint density at radius 2 is 1.89 bits per heavy atom. The largest absolute Gasteiger partial charge is 0.450 e. The molecule has 27 heavy (non-hydrogen) atoms. The van der Waals surface area contributed by atoms with E-state index >= 15 is 0 Å². The van der Waals surface area contributed by atoms with Crippen LogP contribution in [0.1, 0.15) is 23.0 Å². The van der Waals surface area contributed by atoms with Crippen LogP contribution >= 0.6 is 0 Å². The number of carbonyl (C=O) groups excluding carboxylic acids is 2. The van der Waals surface area contributed by atoms with Gasteiger partial charge < -0.3 is 19.9 Å². The fourth-order valence-electron chi connectivity index (χ4n) is 3.00. The molecule has 1 N–H and O–H groups in total. The third-order valence-corrected chi connectivity index (χ3v) is 4.54. The van der Waals surface area contributed by atoms with Crippen molar-refractivity contribution in [3.63, 3.8) is 0 Å². The molecule has 0 spiro atoms. The van der Waals surface area contributed by atoms with Crippen molar-refractivity contribution in [2.24, 2.45) is 0 Å². The van der Waals surface area contributed by atoms with E-state index in [4.69, 9.17) is 4.74 Å². The smallest absolute Gasteiger partial charge is 0.409 e. The Morgan fingerprint density at radius 3 is 2.59 bits per heavy atom. The van der Waals surface area contributed by atoms with Gasteiger partial charge in [-0.2, -0.15) is 0 Å². The van der Waals surface area contributed by atoms with E-state index in [1.807, 2.05) is 37.3 Å². The van der Waals surface area contributed by atoms with Crippen LogP contribution in [0.5, 0.6) is 0 Å². The number of aromatic nitrogens is 1. The maximum absolute atomic E-state index is 12.6. The normalized spacial score (nSPS) is 14.0. The number of aryl methyl sites for hydroxylation is 1. The zero-order valence-corrected chi connectivity index (χ0v) is 15.6. The van der Waals surface area contributed by atoms with E-state index in [1.165, 1.54) is 0 Å². The van der Waals surface area contributed by atoms with Gasteiger partial charge in [0.05, 0.1) is 6.61 Å². The van der Waals surface area contributed by atoms with Gasteiger partial charge in [0.25, 0.3) is 5.91 Å². The molecule has 0 bridgehead atoms. The van der Waals surface area contributed by atoms with Gasteiger partial charge in [-0.3, -0.25) is 9.78 Å². The number of nitrogens with zero attached hydrogens (tertiary/aromatic N) is 3. The van der Waals surface area contributed by atoms with Crippen LogP contribution in [-0.4, -0.2) is 54.7 Å². The fraction of sp³-hybridized carbons (Fsp3) is 0.350. The molecule has 3 rings (SSSR count). The molecule has 0 radical (unpaired) electrons. The lowest BCUT2D eigenvalue weighted by Gasteiger charge is -2.35. The Labute approximate surface area is 158 Å². The van der Waals surface area contributed by atoms with Crippen molar-refractivity contribution in [2.75, 3.05) is 43.0 Å². The third-order valence-electron chi connectivity index (χ3n) is 4.54. The number of anilines is 2. The highest BCUT2D eigenvalue weighted by Crippen LogP contribution is 2.19. The van der Waals surface area contributed by atoms with Crippen LogP contribution in [0.4, 0.5) is 16.2 Å². The molecule has 0 atom stereocenters. The standard InChI is InChI=1S/C20H24N4O3/c1-3-27-20(26)24-12-10-23(11-13-24)16-8-9-21-18(14-16)19(25)22-17-7-5-4-6-15(17)2/h4-9,14H,3,10-13H2,1-2H3,(H,22,25). The molecule has 0 unspecified atom stereocenters. The molecular weight excluding hydrogens is 344 g/mol. The molecule has 7 nitrogen and oxygen atoms in total. The van der Waals surface area contributed by atoms with Crippen molar-refractivity contribution >= 4 is 23.4 Å². The van der Waals surface area contributed by atoms with Gasteiger partial charge in [0, 0.05) is 43.8 Å². The summed E-state index contributed by atoms with van der Waals surface area (Å²) >= 11 is 0. The van der Waals surface area contributed by atoms with E-state index in [1.54, 1.807) is 24.1 Å². The Hall–Kier alpha value is -3.09. The molecule has 1 saturated heterocycles. The van der Waals surface area contributed by atoms with E-state index in [-0.39, 0.29) is 12.0 Å². The lowest BCUT2D eigenvalue weighted by atomic mass is 10.2. The highest BCUT2D eigenvalue weighted by molar-refractivity contribution is 6.03. The Balaban J connectivity index is 1.65. The SMILES string of the molecule is CCOC(=O)N1CCN(c2ccnc(C(=O)Nc3ccccc3C)c2)CC1. The van der Waals surface area contributed by atoms with Crippen LogP contribution in [0.3, 0.4) is 0 Å². The number of hydrogen-bond acceptors (Lipinski definition) is 5. The molecular formula is C20H24N4O3. The number of nitrogens with one attached hydrogen (secondary N) is 1. The second-order valence-electron chi connectivity index (χ2n) is 6.34. The van der Waals surface area contributed by atoms with E-state index in [0.29, 0.717) is 38.5 Å². The molecule has 1 aliphatic rings. The highest BCUT2D eigenvalue weighted by atomic mass is 16.6. The van der Waals surface area contributed by atoms with Gasteiger partial charge in [-0.15, -0.1) is 0 Å². The lowest BCUT2D eigenvalue weighted by Crippen LogP contribution is -2.49. The second-order valence-corrected chi connectivity index (χ2v) is 6.34. The summed E-state index contributed by atoms with van der Waals surface area (Å²) < 4.78 is 5.04. The van der Waals surface area contributed by atoms with Gasteiger partial charge in [-0.25, -0.2) is 4.79 Å². The van der Waals surface area contributed by atoms with E-state index < -0.39 is 0 Å². The van der Waals surface area contributed by atoms with Crippen LogP contribution < -0.4 is 10.2 Å². The topological polar surface area (TPSA) is 74.8 Å². The number of piperazine rings is 1. The molecule has 1 aliphatic heterocycles. The van der Waals surface area contributed by atoms with Crippen molar-refractivity contribution in [1.82, 2.24) is 9.88 Å². The van der Waals surface area contributed by atoms with E-state index in [9.17, 15) is 9.59 Å². The average Bonchev–Trinajstić information content (AvgIpc) is 2.70. The fourth-order valence-corrected chi connectivity index (χ4v) is 3.00. The summed E-state index contributed by atoms with van der Waals surface area (Å²) in [5.41, 5.74) is 3.06. The van der Waals surface area contributed by atoms with Crippen molar-refractivity contribution in [3.05, 3.63) is 53.9 Å². The predicted molar refractivity (Wildman–Crippen MR) is 104 cm³/mol. The minimum atomic E-state index is -0.273. The van der Waals surface area contributed by atoms with Gasteiger partial charge in [-0.05, 0) is 37.6 Å². The van der Waals surface area contributed by atoms with Gasteiger partial charge in [0.2, 0.25) is 0 Å². The number of para-hydroxylation sites is 1. The first kappa shape index (κ1) is 18.7. The predicted octanol–water partition coefficient (Wildman–Crippen LogP) is 2.92. The van der Waals surface area contributed by atoms with Gasteiger partial charge in [-0.1, -0.05) is 18.2 Å². The lowest BCUT2D eigenvalue weighted by molar-refractivity contribution is 0.102. The molecule has 7 heteroatoms. The number of carbonyl (C=O) groups is 2. The maximum atomic E-state index is 12.6. The maximum Gasteiger partial charge on any atom is 0.409 e. The number of benzene rings is 1. The summed E-state index contributed by atoms with van der Waals surface area (Å²) in [7, 11) is 0. The molecule has 2 aromatic rings. The number of rotatable bonds is 4. The molecule has 1 aromatic carbocycles. The number of amides is 2. The van der Waals surface area contributed by atoms with E-state index in [2.05, 4.69) is 15.2 Å². The van der Waals surface area contributed by atoms with Crippen molar-refractivity contribution in [3.8, 4) is 0 Å². The number of hydrogen-bond donors (Lipinski definition) is 1. The Bertz CT molecular complexity index is 816. The van der Waals surface area contributed by atoms with Crippen molar-refractivity contribution < 1.29 is 14.3 Å². The number of pyridine rings is 1. The van der Waals surface area contributed by atoms with Gasteiger partial charge >= 0.3 is 6.09 Å². The van der Waals surface area contributed by atoms with Crippen LogP contribution in [0.15, 0.2) is 42.6 Å². The first-order valence-electron chi connectivity index (χ1n) is 9.08. The zero-order chi connectivity index (χ0) is 19.2. The molecule has 142 valence electrons. The molecule has 2 heterocycles. The van der Waals surface area contributed by atoms with Gasteiger partial charge in [0.15, 0.2) is 0 Å². The first-order chi connectivity index (χ1) is 13.1. The first-order valence-corrected chi connectivity index (χ1v) is 9.08. The average molecular weight is 368 g/mol. The molecule has 1 fully saturated rings. The summed E-state index contributed by atoms with van der Waals surface area (Å²) in [6, 6.07) is 11.3. The Morgan fingerprint density at radius 1 is 1.15 bits per heavy atom. The molecule has 1 aromatic heterocycles. The molecule has 2 amide bonds. The zero-order valence-electron chi connectivity index (χ0n) is 15.6. The van der Waals surface area contributed by atoms with Crippen LogP contribution in [0.25, 0.3) is 0 Å². The summed E-state index contributed by atoms with van der Waals surface area (Å²) in [6.45, 7) is 6.67. The van der Waals surface area contributed by atoms with Crippen molar-refractivity contribution in [1.29, 1.82) is 0 Å². The van der Waals surface area contributed by atoms with Crippen molar-refractivity contribution in [2.45, 2.75) is 13.8 Å². The van der Waals surface area contributed by atoms with Gasteiger partial charge in [0.1, 0.15) is 5.69 Å². The summed E-state index contributed by atoms with van der Waals surface area (Å²) in [4.78, 5) is 32.4. The minimum Gasteiger partial charge on any atom is -0.450 e. The Kier molecular flexibility index (Phi) is 5.90. The molecule has 0 saturated carbocycles. The highest BCUT2D eigenvalue weighted by Gasteiger charge is 2.22. The summed E-state index contributed by atoms with van der Waals surface area (Å²) in [5, 5.41) is 2.90. The number of ether oxygens (including phenoxy) is 1. The summed E-state index contributed by atoms with van der Waals surface area (Å²) in [6.07, 6.45) is 1.37. The van der Waals surface area contributed by atoms with E-state index in [0.717, 1.165) is 16.9 Å². The van der Waals surface area contributed by atoms with Crippen LogP contribution in [0.2, 0.25) is 0 Å². The summed E-state index contributed by atoms with van der Waals surface area (Å²) in [5.74, 6) is -0.240. The monoisotopic (exact) mass is 368 g/mol. The molecule has 0 aliphatic carbocycles. The quantitative estimate of drug-likeness (QED) is 0.898. The third kappa shape index (κ3) is 4.55.